The van der Waals surface area contributed by atoms with Gasteiger partial charge in [-0.25, -0.2) is 4.98 Å². The van der Waals surface area contributed by atoms with E-state index in [-0.39, 0.29) is 0 Å². The van der Waals surface area contributed by atoms with Crippen molar-refractivity contribution in [3.63, 3.8) is 0 Å². The van der Waals surface area contributed by atoms with Crippen LogP contribution in [-0.2, 0) is 0 Å². The van der Waals surface area contributed by atoms with Crippen LogP contribution in [0.4, 0.5) is 5.82 Å². The summed E-state index contributed by atoms with van der Waals surface area (Å²) in [4.78, 5) is 9.12. The second-order valence-electron chi connectivity index (χ2n) is 4.94. The van der Waals surface area contributed by atoms with Gasteiger partial charge in [-0.3, -0.25) is 0 Å². The van der Waals surface area contributed by atoms with Crippen molar-refractivity contribution in [2.24, 2.45) is 0 Å². The molecule has 1 aliphatic carbocycles. The molecule has 0 bridgehead atoms. The molecule has 4 heteroatoms. The highest BCUT2D eigenvalue weighted by Crippen LogP contribution is 2.39. The van der Waals surface area contributed by atoms with Gasteiger partial charge in [-0.1, -0.05) is 19.8 Å². The predicted molar refractivity (Wildman–Crippen MR) is 73.3 cm³/mol. The molecule has 18 heavy (non-hydrogen) atoms. The Balaban J connectivity index is 2.08. The van der Waals surface area contributed by atoms with Crippen LogP contribution in [0.15, 0.2) is 0 Å². The van der Waals surface area contributed by atoms with Gasteiger partial charge in [0.15, 0.2) is 0 Å². The van der Waals surface area contributed by atoms with Gasteiger partial charge in [0.2, 0.25) is 5.88 Å². The topological polar surface area (TPSA) is 47.0 Å². The molecule has 0 atom stereocenters. The molecule has 0 amide bonds. The van der Waals surface area contributed by atoms with Gasteiger partial charge >= 0.3 is 0 Å². The van der Waals surface area contributed by atoms with Crippen LogP contribution in [0.5, 0.6) is 5.88 Å². The summed E-state index contributed by atoms with van der Waals surface area (Å²) in [5.74, 6) is 3.15. The minimum absolute atomic E-state index is 0.552. The molecule has 4 nitrogen and oxygen atoms in total. The first-order chi connectivity index (χ1) is 8.76. The fraction of sp³-hybridized carbons (Fsp3) is 0.714. The van der Waals surface area contributed by atoms with Crippen LogP contribution in [0.2, 0.25) is 0 Å². The Bertz CT molecular complexity index is 402. The van der Waals surface area contributed by atoms with E-state index in [9.17, 15) is 0 Å². The standard InChI is InChI=1S/C14H23N3O/c1-4-5-6-9-18-14-10(2)12(15-3)16-13(17-14)11-7-8-11/h11H,4-9H2,1-3H3,(H,15,16,17). The van der Waals surface area contributed by atoms with E-state index in [0.29, 0.717) is 5.92 Å². The lowest BCUT2D eigenvalue weighted by atomic mass is 10.2. The van der Waals surface area contributed by atoms with Crippen molar-refractivity contribution in [1.29, 1.82) is 0 Å². The first-order valence-electron chi connectivity index (χ1n) is 6.95. The van der Waals surface area contributed by atoms with Crippen LogP contribution in [0.1, 0.15) is 56.3 Å². The Kier molecular flexibility index (Phi) is 4.39. The summed E-state index contributed by atoms with van der Waals surface area (Å²) in [5.41, 5.74) is 1.01. The van der Waals surface area contributed by atoms with E-state index in [1.54, 1.807) is 0 Å². The van der Waals surface area contributed by atoms with E-state index >= 15 is 0 Å². The smallest absolute Gasteiger partial charge is 0.221 e. The molecule has 1 aliphatic rings. The van der Waals surface area contributed by atoms with Crippen LogP contribution < -0.4 is 10.1 Å². The Labute approximate surface area is 109 Å². The zero-order valence-corrected chi connectivity index (χ0v) is 11.6. The molecule has 0 radical (unpaired) electrons. The molecule has 0 aliphatic heterocycles. The summed E-state index contributed by atoms with van der Waals surface area (Å²) in [6.07, 6.45) is 5.93. The average Bonchev–Trinajstić information content (AvgIpc) is 3.20. The average molecular weight is 249 g/mol. The highest BCUT2D eigenvalue weighted by Gasteiger charge is 2.28. The van der Waals surface area contributed by atoms with Gasteiger partial charge in [0, 0.05) is 13.0 Å². The summed E-state index contributed by atoms with van der Waals surface area (Å²) in [5, 5.41) is 3.13. The third kappa shape index (κ3) is 3.12. The van der Waals surface area contributed by atoms with Crippen LogP contribution in [0, 0.1) is 6.92 Å². The molecule has 1 aromatic heterocycles. The van der Waals surface area contributed by atoms with Crippen molar-refractivity contribution in [2.75, 3.05) is 19.0 Å². The van der Waals surface area contributed by atoms with E-state index in [4.69, 9.17) is 4.74 Å². The van der Waals surface area contributed by atoms with Crippen LogP contribution >= 0.6 is 0 Å². The molecule has 0 unspecified atom stereocenters. The fourth-order valence-electron chi connectivity index (χ4n) is 1.94. The number of ether oxygens (including phenoxy) is 1. The third-order valence-corrected chi connectivity index (χ3v) is 3.28. The van der Waals surface area contributed by atoms with Gasteiger partial charge in [-0.15, -0.1) is 0 Å². The van der Waals surface area contributed by atoms with Crippen LogP contribution in [0.3, 0.4) is 0 Å². The van der Waals surface area contributed by atoms with Gasteiger partial charge in [0.25, 0.3) is 0 Å². The van der Waals surface area contributed by atoms with Crippen molar-refractivity contribution < 1.29 is 4.74 Å². The minimum atomic E-state index is 0.552. The normalized spacial score (nSPS) is 14.6. The van der Waals surface area contributed by atoms with Crippen molar-refractivity contribution in [1.82, 2.24) is 9.97 Å². The van der Waals surface area contributed by atoms with Crippen LogP contribution in [0.25, 0.3) is 0 Å². The van der Waals surface area contributed by atoms with Crippen molar-refractivity contribution in [2.45, 2.75) is 51.9 Å². The first kappa shape index (κ1) is 13.1. The number of nitrogens with one attached hydrogen (secondary N) is 1. The van der Waals surface area contributed by atoms with E-state index < -0.39 is 0 Å². The van der Waals surface area contributed by atoms with Gasteiger partial charge < -0.3 is 10.1 Å². The van der Waals surface area contributed by atoms with Crippen molar-refractivity contribution >= 4 is 5.82 Å². The van der Waals surface area contributed by atoms with Gasteiger partial charge in [-0.2, -0.15) is 4.98 Å². The van der Waals surface area contributed by atoms with E-state index in [1.165, 1.54) is 25.7 Å². The van der Waals surface area contributed by atoms with Gasteiger partial charge in [-0.05, 0) is 26.2 Å². The Morgan fingerprint density at radius 3 is 2.67 bits per heavy atom. The maximum atomic E-state index is 5.81. The predicted octanol–water partition coefficient (Wildman–Crippen LogP) is 3.27. The van der Waals surface area contributed by atoms with E-state index in [1.807, 2.05) is 14.0 Å². The van der Waals surface area contributed by atoms with Gasteiger partial charge in [0.1, 0.15) is 11.6 Å². The number of hydrogen-bond acceptors (Lipinski definition) is 4. The molecule has 2 rings (SSSR count). The number of hydrogen-bond donors (Lipinski definition) is 1. The Morgan fingerprint density at radius 2 is 2.06 bits per heavy atom. The molecule has 1 fully saturated rings. The lowest BCUT2D eigenvalue weighted by molar-refractivity contribution is 0.291. The number of unbranched alkanes of at least 4 members (excludes halogenated alkanes) is 2. The Morgan fingerprint density at radius 1 is 1.28 bits per heavy atom. The second kappa shape index (κ2) is 6.03. The monoisotopic (exact) mass is 249 g/mol. The minimum Gasteiger partial charge on any atom is -0.477 e. The molecular formula is C14H23N3O. The molecule has 1 aromatic rings. The van der Waals surface area contributed by atoms with Crippen LogP contribution in [-0.4, -0.2) is 23.6 Å². The lowest BCUT2D eigenvalue weighted by Crippen LogP contribution is -2.07. The SMILES string of the molecule is CCCCCOc1nc(C2CC2)nc(NC)c1C. The molecule has 0 aromatic carbocycles. The summed E-state index contributed by atoms with van der Waals surface area (Å²) >= 11 is 0. The van der Waals surface area contributed by atoms with E-state index in [2.05, 4.69) is 22.2 Å². The molecule has 1 saturated carbocycles. The van der Waals surface area contributed by atoms with Crippen molar-refractivity contribution in [3.8, 4) is 5.88 Å². The summed E-state index contributed by atoms with van der Waals surface area (Å²) in [6, 6.07) is 0. The van der Waals surface area contributed by atoms with E-state index in [0.717, 1.165) is 36.1 Å². The maximum absolute atomic E-state index is 5.81. The number of nitrogens with zero attached hydrogens (tertiary/aromatic N) is 2. The number of aromatic nitrogens is 2. The molecule has 100 valence electrons. The zero-order valence-electron chi connectivity index (χ0n) is 11.6. The van der Waals surface area contributed by atoms with Gasteiger partial charge in [0.05, 0.1) is 12.2 Å². The molecule has 1 heterocycles. The molecule has 1 N–H and O–H groups in total. The fourth-order valence-corrected chi connectivity index (χ4v) is 1.94. The number of anilines is 1. The largest absolute Gasteiger partial charge is 0.477 e. The first-order valence-corrected chi connectivity index (χ1v) is 6.95. The molecular weight excluding hydrogens is 226 g/mol. The zero-order chi connectivity index (χ0) is 13.0. The quantitative estimate of drug-likeness (QED) is 0.753. The summed E-state index contributed by atoms with van der Waals surface area (Å²) < 4.78 is 5.81. The lowest BCUT2D eigenvalue weighted by Gasteiger charge is -2.12. The highest BCUT2D eigenvalue weighted by molar-refractivity contribution is 5.48. The molecule has 0 spiro atoms. The maximum Gasteiger partial charge on any atom is 0.221 e. The van der Waals surface area contributed by atoms with Crippen molar-refractivity contribution in [3.05, 3.63) is 11.4 Å². The number of rotatable bonds is 7. The summed E-state index contributed by atoms with van der Waals surface area (Å²) in [6.45, 7) is 4.96. The second-order valence-corrected chi connectivity index (χ2v) is 4.94. The third-order valence-electron chi connectivity index (χ3n) is 3.28. The molecule has 0 saturated heterocycles. The Hall–Kier alpha value is -1.32. The summed E-state index contributed by atoms with van der Waals surface area (Å²) in [7, 11) is 1.90. The highest BCUT2D eigenvalue weighted by atomic mass is 16.5.